The molecule has 0 spiro atoms. The fraction of sp³-hybridized carbons (Fsp3) is 0.588. The van der Waals surface area contributed by atoms with E-state index in [1.807, 2.05) is 0 Å². The molecular weight excluding hydrogens is 338 g/mol. The SMILES string of the molecule is CC(C)CCNc1ncnc2c1c(C#N)cn2[C@@H]1OC(CO)C(O)[C@@H]1O. The molecule has 4 atom stereocenters. The average Bonchev–Trinajstić information content (AvgIpc) is 3.13. The highest BCUT2D eigenvalue weighted by Crippen LogP contribution is 2.34. The van der Waals surface area contributed by atoms with Gasteiger partial charge in [-0.3, -0.25) is 0 Å². The molecule has 2 aromatic heterocycles. The number of nitriles is 1. The van der Waals surface area contributed by atoms with Gasteiger partial charge in [0.2, 0.25) is 0 Å². The average molecular weight is 361 g/mol. The van der Waals surface area contributed by atoms with Crippen molar-refractivity contribution in [3.8, 4) is 6.07 Å². The van der Waals surface area contributed by atoms with Crippen molar-refractivity contribution < 1.29 is 20.1 Å². The van der Waals surface area contributed by atoms with E-state index in [-0.39, 0.29) is 0 Å². The van der Waals surface area contributed by atoms with E-state index in [0.717, 1.165) is 6.42 Å². The maximum absolute atomic E-state index is 10.3. The summed E-state index contributed by atoms with van der Waals surface area (Å²) < 4.78 is 7.07. The number of aliphatic hydroxyl groups is 3. The summed E-state index contributed by atoms with van der Waals surface area (Å²) in [6, 6.07) is 2.11. The van der Waals surface area contributed by atoms with Crippen LogP contribution in [0.3, 0.4) is 0 Å². The lowest BCUT2D eigenvalue weighted by atomic mass is 10.1. The van der Waals surface area contributed by atoms with Crippen LogP contribution in [-0.2, 0) is 4.74 Å². The molecule has 2 unspecified atom stereocenters. The molecule has 1 aliphatic rings. The smallest absolute Gasteiger partial charge is 0.164 e. The van der Waals surface area contributed by atoms with Crippen LogP contribution in [0.15, 0.2) is 12.5 Å². The molecule has 1 saturated heterocycles. The van der Waals surface area contributed by atoms with Crippen LogP contribution in [0, 0.1) is 17.2 Å². The Kier molecular flexibility index (Phi) is 5.38. The summed E-state index contributed by atoms with van der Waals surface area (Å²) in [7, 11) is 0. The van der Waals surface area contributed by atoms with Crippen LogP contribution < -0.4 is 5.32 Å². The summed E-state index contributed by atoms with van der Waals surface area (Å²) in [5, 5.41) is 42.8. The zero-order chi connectivity index (χ0) is 18.8. The fourth-order valence-electron chi connectivity index (χ4n) is 3.09. The molecule has 0 aromatic carbocycles. The van der Waals surface area contributed by atoms with Gasteiger partial charge in [0.05, 0.1) is 17.6 Å². The highest BCUT2D eigenvalue weighted by atomic mass is 16.6. The summed E-state index contributed by atoms with van der Waals surface area (Å²) in [6.45, 7) is 4.52. The number of aromatic nitrogens is 3. The monoisotopic (exact) mass is 361 g/mol. The van der Waals surface area contributed by atoms with Gasteiger partial charge in [-0.05, 0) is 12.3 Å². The van der Waals surface area contributed by atoms with E-state index in [2.05, 4.69) is 35.2 Å². The third-order valence-corrected chi connectivity index (χ3v) is 4.54. The van der Waals surface area contributed by atoms with Crippen molar-refractivity contribution in [3.63, 3.8) is 0 Å². The Morgan fingerprint density at radius 2 is 2.12 bits per heavy atom. The van der Waals surface area contributed by atoms with Crippen LogP contribution >= 0.6 is 0 Å². The van der Waals surface area contributed by atoms with Crippen molar-refractivity contribution in [3.05, 3.63) is 18.1 Å². The quantitative estimate of drug-likeness (QED) is 0.579. The van der Waals surface area contributed by atoms with Crippen molar-refractivity contribution in [2.24, 2.45) is 5.92 Å². The Labute approximate surface area is 150 Å². The Morgan fingerprint density at radius 3 is 2.73 bits per heavy atom. The Morgan fingerprint density at radius 1 is 1.35 bits per heavy atom. The molecule has 140 valence electrons. The lowest BCUT2D eigenvalue weighted by molar-refractivity contribution is -0.0508. The standard InChI is InChI=1S/C17H23N5O4/c1-9(2)3-4-19-15-12-10(5-18)6-22(16(12)21-8-20-15)17-14(25)13(24)11(7-23)26-17/h6,8-9,11,13-14,17,23-25H,3-4,7H2,1-2H3,(H,19,20,21)/t11?,13?,14-,17+/m0/s1. The second-order valence-corrected chi connectivity index (χ2v) is 6.82. The maximum Gasteiger partial charge on any atom is 0.164 e. The number of anilines is 1. The first-order valence-electron chi connectivity index (χ1n) is 8.59. The largest absolute Gasteiger partial charge is 0.394 e. The summed E-state index contributed by atoms with van der Waals surface area (Å²) in [4.78, 5) is 8.47. The number of fused-ring (bicyclic) bond motifs is 1. The molecule has 9 nitrogen and oxygen atoms in total. The van der Waals surface area contributed by atoms with Gasteiger partial charge in [0.25, 0.3) is 0 Å². The van der Waals surface area contributed by atoms with Crippen LogP contribution in [0.1, 0.15) is 32.1 Å². The first-order valence-corrected chi connectivity index (χ1v) is 8.59. The molecule has 0 saturated carbocycles. The van der Waals surface area contributed by atoms with Crippen molar-refractivity contribution in [1.82, 2.24) is 14.5 Å². The molecule has 1 fully saturated rings. The minimum atomic E-state index is -1.25. The highest BCUT2D eigenvalue weighted by Gasteiger charge is 2.44. The molecule has 1 aliphatic heterocycles. The predicted octanol–water partition coefficient (Wildman–Crippen LogP) is 0.372. The van der Waals surface area contributed by atoms with Gasteiger partial charge >= 0.3 is 0 Å². The minimum Gasteiger partial charge on any atom is -0.394 e. The van der Waals surface area contributed by atoms with Crippen molar-refractivity contribution in [2.75, 3.05) is 18.5 Å². The van der Waals surface area contributed by atoms with Crippen molar-refractivity contribution in [1.29, 1.82) is 5.26 Å². The normalized spacial score (nSPS) is 25.7. The predicted molar refractivity (Wildman–Crippen MR) is 93.2 cm³/mol. The van der Waals surface area contributed by atoms with Gasteiger partial charge in [0.1, 0.15) is 42.2 Å². The van der Waals surface area contributed by atoms with E-state index in [9.17, 15) is 20.6 Å². The summed E-state index contributed by atoms with van der Waals surface area (Å²) in [5.74, 6) is 1.07. The molecule has 26 heavy (non-hydrogen) atoms. The molecule has 0 radical (unpaired) electrons. The van der Waals surface area contributed by atoms with E-state index < -0.39 is 31.1 Å². The molecule has 4 N–H and O–H groups in total. The van der Waals surface area contributed by atoms with Gasteiger partial charge in [0.15, 0.2) is 6.23 Å². The second-order valence-electron chi connectivity index (χ2n) is 6.82. The van der Waals surface area contributed by atoms with Crippen LogP contribution in [-0.4, -0.2) is 61.3 Å². The summed E-state index contributed by atoms with van der Waals surface area (Å²) in [6.07, 6.45) is -0.483. The topological polar surface area (TPSA) is 136 Å². The molecule has 9 heteroatoms. The molecule has 3 rings (SSSR count). The van der Waals surface area contributed by atoms with Gasteiger partial charge in [0, 0.05) is 12.7 Å². The summed E-state index contributed by atoms with van der Waals surface area (Å²) >= 11 is 0. The minimum absolute atomic E-state index is 0.338. The number of nitrogens with one attached hydrogen (secondary N) is 1. The summed E-state index contributed by atoms with van der Waals surface area (Å²) in [5.41, 5.74) is 0.754. The van der Waals surface area contributed by atoms with Crippen LogP contribution in [0.2, 0.25) is 0 Å². The lowest BCUT2D eigenvalue weighted by Gasteiger charge is -2.17. The van der Waals surface area contributed by atoms with Crippen LogP contribution in [0.5, 0.6) is 0 Å². The Balaban J connectivity index is 2.00. The van der Waals surface area contributed by atoms with E-state index in [4.69, 9.17) is 4.74 Å². The number of aliphatic hydroxyl groups excluding tert-OH is 3. The first kappa shape index (κ1) is 18.5. The van der Waals surface area contributed by atoms with Gasteiger partial charge in [-0.2, -0.15) is 5.26 Å². The zero-order valence-corrected chi connectivity index (χ0v) is 14.7. The van der Waals surface area contributed by atoms with Crippen molar-refractivity contribution in [2.45, 2.75) is 44.8 Å². The third kappa shape index (κ3) is 3.24. The number of rotatable bonds is 6. The van der Waals surface area contributed by atoms with Crippen LogP contribution in [0.25, 0.3) is 11.0 Å². The maximum atomic E-state index is 10.3. The number of hydrogen-bond acceptors (Lipinski definition) is 8. The molecule has 2 aromatic rings. The van der Waals surface area contributed by atoms with Crippen molar-refractivity contribution >= 4 is 16.9 Å². The lowest BCUT2D eigenvalue weighted by Crippen LogP contribution is -2.33. The van der Waals surface area contributed by atoms with Gasteiger partial charge in [-0.15, -0.1) is 0 Å². The Bertz CT molecular complexity index is 815. The molecule has 3 heterocycles. The van der Waals surface area contributed by atoms with Gasteiger partial charge in [-0.1, -0.05) is 13.8 Å². The van der Waals surface area contributed by atoms with Gasteiger partial charge in [-0.25, -0.2) is 9.97 Å². The van der Waals surface area contributed by atoms with E-state index >= 15 is 0 Å². The zero-order valence-electron chi connectivity index (χ0n) is 14.7. The van der Waals surface area contributed by atoms with E-state index in [1.165, 1.54) is 17.1 Å². The third-order valence-electron chi connectivity index (χ3n) is 4.54. The van der Waals surface area contributed by atoms with E-state index in [0.29, 0.717) is 34.9 Å². The first-order chi connectivity index (χ1) is 12.5. The molecule has 0 amide bonds. The van der Waals surface area contributed by atoms with Crippen LogP contribution in [0.4, 0.5) is 5.82 Å². The van der Waals surface area contributed by atoms with Gasteiger partial charge < -0.3 is 29.9 Å². The second kappa shape index (κ2) is 7.55. The molecule has 0 aliphatic carbocycles. The fourth-order valence-corrected chi connectivity index (χ4v) is 3.09. The molecule has 0 bridgehead atoms. The Hall–Kier alpha value is -2.25. The molecular formula is C17H23N5O4. The number of ether oxygens (including phenoxy) is 1. The number of nitrogens with zero attached hydrogens (tertiary/aromatic N) is 4. The number of hydrogen-bond donors (Lipinski definition) is 4. The highest BCUT2D eigenvalue weighted by molar-refractivity contribution is 5.93. The van der Waals surface area contributed by atoms with E-state index in [1.54, 1.807) is 0 Å².